The van der Waals surface area contributed by atoms with Crippen molar-refractivity contribution in [3.63, 3.8) is 0 Å². The van der Waals surface area contributed by atoms with Crippen molar-refractivity contribution < 1.29 is 4.79 Å². The fraction of sp³-hybridized carbons (Fsp3) is 0.100. The van der Waals surface area contributed by atoms with E-state index in [-0.39, 0.29) is 5.91 Å². The monoisotopic (exact) mass is 266 g/mol. The highest BCUT2D eigenvalue weighted by atomic mass is 32.2. The van der Waals surface area contributed by atoms with Gasteiger partial charge in [0.2, 0.25) is 0 Å². The van der Waals surface area contributed by atoms with E-state index in [0.717, 1.165) is 9.24 Å². The first kappa shape index (κ1) is 11.9. The van der Waals surface area contributed by atoms with Crippen molar-refractivity contribution in [1.29, 1.82) is 0 Å². The van der Waals surface area contributed by atoms with Crippen LogP contribution >= 0.6 is 23.3 Å². The zero-order valence-electron chi connectivity index (χ0n) is 9.01. The standard InChI is InChI=1S/C10H10N4OS2/c1-12-9(15)7-3-2-6(11)4-8(7)16-10-13-5-14-17-10/h2-5H,11H2,1H3,(H,12,15). The molecule has 2 aromatic rings. The van der Waals surface area contributed by atoms with Crippen molar-refractivity contribution in [1.82, 2.24) is 14.7 Å². The normalized spacial score (nSPS) is 10.2. The molecule has 3 N–H and O–H groups in total. The van der Waals surface area contributed by atoms with Crippen LogP contribution in [0.25, 0.3) is 0 Å². The number of nitrogen functional groups attached to an aromatic ring is 1. The van der Waals surface area contributed by atoms with Gasteiger partial charge < -0.3 is 11.1 Å². The maximum Gasteiger partial charge on any atom is 0.252 e. The predicted molar refractivity (Wildman–Crippen MR) is 68.3 cm³/mol. The van der Waals surface area contributed by atoms with E-state index in [9.17, 15) is 4.79 Å². The van der Waals surface area contributed by atoms with E-state index >= 15 is 0 Å². The Balaban J connectivity index is 2.36. The van der Waals surface area contributed by atoms with E-state index in [1.807, 2.05) is 0 Å². The van der Waals surface area contributed by atoms with E-state index in [1.54, 1.807) is 25.2 Å². The van der Waals surface area contributed by atoms with Crippen LogP contribution in [0.4, 0.5) is 5.69 Å². The largest absolute Gasteiger partial charge is 0.399 e. The van der Waals surface area contributed by atoms with Crippen LogP contribution in [0.2, 0.25) is 0 Å². The topological polar surface area (TPSA) is 80.9 Å². The SMILES string of the molecule is CNC(=O)c1ccc(N)cc1Sc1ncns1. The molecule has 0 saturated heterocycles. The lowest BCUT2D eigenvalue weighted by molar-refractivity contribution is 0.0960. The number of anilines is 1. The summed E-state index contributed by atoms with van der Waals surface area (Å²) < 4.78 is 4.69. The minimum atomic E-state index is -0.142. The number of hydrogen-bond donors (Lipinski definition) is 2. The highest BCUT2D eigenvalue weighted by Gasteiger charge is 2.12. The Morgan fingerprint density at radius 3 is 3.00 bits per heavy atom. The van der Waals surface area contributed by atoms with Gasteiger partial charge in [-0.1, -0.05) is 11.8 Å². The molecule has 1 amide bonds. The number of aromatic nitrogens is 2. The van der Waals surface area contributed by atoms with Gasteiger partial charge in [0.05, 0.1) is 5.56 Å². The van der Waals surface area contributed by atoms with Crippen LogP contribution in [0.3, 0.4) is 0 Å². The van der Waals surface area contributed by atoms with Crippen LogP contribution in [-0.2, 0) is 0 Å². The summed E-state index contributed by atoms with van der Waals surface area (Å²) in [7, 11) is 1.60. The lowest BCUT2D eigenvalue weighted by atomic mass is 10.2. The number of hydrogen-bond acceptors (Lipinski definition) is 6. The van der Waals surface area contributed by atoms with Gasteiger partial charge in [-0.25, -0.2) is 4.98 Å². The Bertz CT molecular complexity index is 527. The van der Waals surface area contributed by atoms with Crippen molar-refractivity contribution in [3.8, 4) is 0 Å². The van der Waals surface area contributed by atoms with Gasteiger partial charge in [0, 0.05) is 17.6 Å². The molecule has 0 bridgehead atoms. The van der Waals surface area contributed by atoms with Gasteiger partial charge in [-0.05, 0) is 29.7 Å². The van der Waals surface area contributed by atoms with Crippen LogP contribution < -0.4 is 11.1 Å². The Morgan fingerprint density at radius 1 is 1.53 bits per heavy atom. The molecule has 0 aliphatic carbocycles. The number of nitrogens with zero attached hydrogens (tertiary/aromatic N) is 2. The van der Waals surface area contributed by atoms with Gasteiger partial charge in [-0.3, -0.25) is 4.79 Å². The third-order valence-corrected chi connectivity index (χ3v) is 3.79. The molecule has 7 heteroatoms. The molecular weight excluding hydrogens is 256 g/mol. The summed E-state index contributed by atoms with van der Waals surface area (Å²) in [5, 5.41) is 2.60. The number of rotatable bonds is 3. The van der Waals surface area contributed by atoms with Crippen LogP contribution in [0.1, 0.15) is 10.4 Å². The second-order valence-corrected chi connectivity index (χ2v) is 5.21. The molecule has 0 spiro atoms. The summed E-state index contributed by atoms with van der Waals surface area (Å²) in [6, 6.07) is 5.17. The number of nitrogens with one attached hydrogen (secondary N) is 1. The molecule has 1 aromatic heterocycles. The first-order valence-electron chi connectivity index (χ1n) is 4.77. The molecule has 1 heterocycles. The number of benzene rings is 1. The smallest absolute Gasteiger partial charge is 0.252 e. The van der Waals surface area contributed by atoms with Gasteiger partial charge in [0.1, 0.15) is 6.33 Å². The number of carbonyl (C=O) groups excluding carboxylic acids is 1. The maximum atomic E-state index is 11.7. The summed E-state index contributed by atoms with van der Waals surface area (Å²) in [5.41, 5.74) is 6.92. The van der Waals surface area contributed by atoms with E-state index in [1.165, 1.54) is 29.6 Å². The molecule has 5 nitrogen and oxygen atoms in total. The van der Waals surface area contributed by atoms with Crippen LogP contribution in [0.15, 0.2) is 33.8 Å². The van der Waals surface area contributed by atoms with Crippen molar-refractivity contribution in [3.05, 3.63) is 30.1 Å². The van der Waals surface area contributed by atoms with Gasteiger partial charge in [0.25, 0.3) is 5.91 Å². The minimum Gasteiger partial charge on any atom is -0.399 e. The lowest BCUT2D eigenvalue weighted by Gasteiger charge is -2.07. The van der Waals surface area contributed by atoms with Crippen molar-refractivity contribution in [2.75, 3.05) is 12.8 Å². The maximum absolute atomic E-state index is 11.7. The highest BCUT2D eigenvalue weighted by Crippen LogP contribution is 2.32. The van der Waals surface area contributed by atoms with Gasteiger partial charge >= 0.3 is 0 Å². The third kappa shape index (κ3) is 2.75. The zero-order valence-corrected chi connectivity index (χ0v) is 10.6. The molecule has 0 unspecified atom stereocenters. The molecule has 1 aromatic carbocycles. The van der Waals surface area contributed by atoms with Crippen LogP contribution in [0.5, 0.6) is 0 Å². The van der Waals surface area contributed by atoms with Crippen molar-refractivity contribution in [2.24, 2.45) is 0 Å². The van der Waals surface area contributed by atoms with E-state index in [4.69, 9.17) is 5.73 Å². The summed E-state index contributed by atoms with van der Waals surface area (Å²) in [6.45, 7) is 0. The molecule has 17 heavy (non-hydrogen) atoms. The summed E-state index contributed by atoms with van der Waals surface area (Å²) in [5.74, 6) is -0.142. The highest BCUT2D eigenvalue weighted by molar-refractivity contribution is 8.01. The Labute approximate surface area is 107 Å². The summed E-state index contributed by atoms with van der Waals surface area (Å²) >= 11 is 2.66. The second-order valence-electron chi connectivity index (χ2n) is 3.14. The van der Waals surface area contributed by atoms with Crippen molar-refractivity contribution in [2.45, 2.75) is 9.24 Å². The molecule has 2 rings (SSSR count). The van der Waals surface area contributed by atoms with Gasteiger partial charge in [0.15, 0.2) is 4.34 Å². The van der Waals surface area contributed by atoms with Gasteiger partial charge in [-0.15, -0.1) is 0 Å². The molecule has 0 aliphatic heterocycles. The van der Waals surface area contributed by atoms with E-state index < -0.39 is 0 Å². The minimum absolute atomic E-state index is 0.142. The molecule has 0 fully saturated rings. The lowest BCUT2D eigenvalue weighted by Crippen LogP contribution is -2.18. The predicted octanol–water partition coefficient (Wildman–Crippen LogP) is 1.63. The average Bonchev–Trinajstić information content (AvgIpc) is 2.81. The summed E-state index contributed by atoms with van der Waals surface area (Å²) in [6.07, 6.45) is 1.48. The Hall–Kier alpha value is -1.60. The van der Waals surface area contributed by atoms with Crippen LogP contribution in [0, 0.1) is 0 Å². The van der Waals surface area contributed by atoms with E-state index in [2.05, 4.69) is 14.7 Å². The first-order chi connectivity index (χ1) is 8.20. The molecule has 0 saturated carbocycles. The molecule has 0 aliphatic rings. The molecule has 0 radical (unpaired) electrons. The number of amides is 1. The first-order valence-corrected chi connectivity index (χ1v) is 6.36. The van der Waals surface area contributed by atoms with E-state index in [0.29, 0.717) is 11.3 Å². The number of nitrogens with two attached hydrogens (primary N) is 1. The molecule has 88 valence electrons. The fourth-order valence-electron chi connectivity index (χ4n) is 1.25. The molecular formula is C10H10N4OS2. The van der Waals surface area contributed by atoms with Gasteiger partial charge in [-0.2, -0.15) is 4.37 Å². The Morgan fingerprint density at radius 2 is 2.35 bits per heavy atom. The summed E-state index contributed by atoms with van der Waals surface area (Å²) in [4.78, 5) is 16.5. The number of carbonyl (C=O) groups is 1. The van der Waals surface area contributed by atoms with Crippen LogP contribution in [-0.4, -0.2) is 22.3 Å². The quantitative estimate of drug-likeness (QED) is 0.825. The second kappa shape index (κ2) is 5.15. The molecule has 0 atom stereocenters. The average molecular weight is 266 g/mol. The fourth-order valence-corrected chi connectivity index (χ4v) is 2.83. The van der Waals surface area contributed by atoms with Crippen molar-refractivity contribution >= 4 is 34.9 Å². The third-order valence-electron chi connectivity index (χ3n) is 2.02. The zero-order chi connectivity index (χ0) is 12.3. The Kier molecular flexibility index (Phi) is 3.60.